The first kappa shape index (κ1) is 11.6. The van der Waals surface area contributed by atoms with Crippen molar-refractivity contribution in [3.8, 4) is 0 Å². The molecule has 6 nitrogen and oxygen atoms in total. The predicted molar refractivity (Wildman–Crippen MR) is 53.9 cm³/mol. The number of hydrazine groups is 1. The first-order valence-corrected chi connectivity index (χ1v) is 5.59. The maximum atomic E-state index is 11.7. The Kier molecular flexibility index (Phi) is 3.40. The number of hydrogen-bond donors (Lipinski definition) is 3. The Balaban J connectivity index is 3.09. The van der Waals surface area contributed by atoms with Gasteiger partial charge in [0.2, 0.25) is 9.84 Å². The summed E-state index contributed by atoms with van der Waals surface area (Å²) < 4.78 is 23.4. The number of nitrogens with one attached hydrogen (secondary N) is 1. The summed E-state index contributed by atoms with van der Waals surface area (Å²) in [4.78, 5) is 11.0. The van der Waals surface area contributed by atoms with Crippen molar-refractivity contribution >= 4 is 15.7 Å². The summed E-state index contributed by atoms with van der Waals surface area (Å²) >= 11 is 0. The lowest BCUT2D eigenvalue weighted by Crippen LogP contribution is -2.48. The lowest BCUT2D eigenvalue weighted by Gasteiger charge is -2.10. The van der Waals surface area contributed by atoms with E-state index in [1.165, 1.54) is 12.1 Å². The molecule has 1 amide bonds. The van der Waals surface area contributed by atoms with Crippen LogP contribution in [0.15, 0.2) is 35.2 Å². The molecule has 0 spiro atoms. The van der Waals surface area contributed by atoms with Crippen molar-refractivity contribution in [2.75, 3.05) is 0 Å². The highest BCUT2D eigenvalue weighted by Crippen LogP contribution is 2.12. The van der Waals surface area contributed by atoms with Crippen LogP contribution in [0, 0.1) is 0 Å². The Morgan fingerprint density at radius 2 is 1.80 bits per heavy atom. The van der Waals surface area contributed by atoms with Crippen LogP contribution in [0.3, 0.4) is 0 Å². The summed E-state index contributed by atoms with van der Waals surface area (Å²) in [6.45, 7) is 0. The molecule has 1 aromatic carbocycles. The van der Waals surface area contributed by atoms with Gasteiger partial charge in [-0.15, -0.1) is 0 Å². The van der Waals surface area contributed by atoms with Gasteiger partial charge in [-0.05, 0) is 12.1 Å². The van der Waals surface area contributed by atoms with Gasteiger partial charge in [0.1, 0.15) is 0 Å². The van der Waals surface area contributed by atoms with Crippen LogP contribution < -0.4 is 17.0 Å². The molecule has 15 heavy (non-hydrogen) atoms. The summed E-state index contributed by atoms with van der Waals surface area (Å²) in [5, 5.41) is -1.69. The average molecular weight is 229 g/mol. The maximum absolute atomic E-state index is 11.7. The van der Waals surface area contributed by atoms with Gasteiger partial charge in [-0.2, -0.15) is 0 Å². The number of sulfone groups is 1. The lowest BCUT2D eigenvalue weighted by atomic mass is 10.4. The van der Waals surface area contributed by atoms with Crippen LogP contribution in [0.4, 0.5) is 0 Å². The molecule has 0 radical (unpaired) electrons. The molecule has 0 saturated heterocycles. The van der Waals surface area contributed by atoms with Crippen molar-refractivity contribution in [1.82, 2.24) is 5.43 Å². The van der Waals surface area contributed by atoms with Crippen LogP contribution in [0.25, 0.3) is 0 Å². The van der Waals surface area contributed by atoms with Crippen LogP contribution in [0.1, 0.15) is 0 Å². The summed E-state index contributed by atoms with van der Waals surface area (Å²) in [6.07, 6.45) is 0. The fourth-order valence-electron chi connectivity index (χ4n) is 0.980. The Hall–Kier alpha value is -1.44. The third kappa shape index (κ3) is 2.32. The molecule has 0 bridgehead atoms. The highest BCUT2D eigenvalue weighted by atomic mass is 32.2. The molecule has 0 aliphatic heterocycles. The zero-order valence-corrected chi connectivity index (χ0v) is 8.57. The van der Waals surface area contributed by atoms with E-state index in [2.05, 4.69) is 0 Å². The topological polar surface area (TPSA) is 115 Å². The van der Waals surface area contributed by atoms with Gasteiger partial charge in [0.15, 0.2) is 5.37 Å². The van der Waals surface area contributed by atoms with E-state index in [0.717, 1.165) is 0 Å². The molecular weight excluding hydrogens is 218 g/mol. The number of amides is 1. The van der Waals surface area contributed by atoms with Gasteiger partial charge in [0.05, 0.1) is 4.90 Å². The minimum Gasteiger partial charge on any atom is -0.307 e. The smallest absolute Gasteiger partial charge is 0.266 e. The minimum absolute atomic E-state index is 0.0129. The molecule has 7 heteroatoms. The second-order valence-electron chi connectivity index (χ2n) is 2.79. The second kappa shape index (κ2) is 4.39. The van der Waals surface area contributed by atoms with Gasteiger partial charge in [-0.25, -0.2) is 14.3 Å². The van der Waals surface area contributed by atoms with Gasteiger partial charge < -0.3 is 5.73 Å². The highest BCUT2D eigenvalue weighted by Gasteiger charge is 2.29. The number of nitrogens with two attached hydrogens (primary N) is 2. The van der Waals surface area contributed by atoms with E-state index in [9.17, 15) is 13.2 Å². The van der Waals surface area contributed by atoms with Gasteiger partial charge in [-0.1, -0.05) is 18.2 Å². The van der Waals surface area contributed by atoms with E-state index >= 15 is 0 Å². The molecule has 0 heterocycles. The molecule has 0 aromatic heterocycles. The van der Waals surface area contributed by atoms with E-state index < -0.39 is 21.1 Å². The summed E-state index contributed by atoms with van der Waals surface area (Å²) in [7, 11) is -3.86. The monoisotopic (exact) mass is 229 g/mol. The van der Waals surface area contributed by atoms with Crippen LogP contribution >= 0.6 is 0 Å². The van der Waals surface area contributed by atoms with Gasteiger partial charge in [0.25, 0.3) is 5.91 Å². The average Bonchev–Trinajstić information content (AvgIpc) is 2.28. The van der Waals surface area contributed by atoms with E-state index in [4.69, 9.17) is 11.6 Å². The van der Waals surface area contributed by atoms with E-state index in [0.29, 0.717) is 0 Å². The number of carbonyl (C=O) groups is 1. The van der Waals surface area contributed by atoms with Crippen molar-refractivity contribution in [1.29, 1.82) is 0 Å². The zero-order valence-electron chi connectivity index (χ0n) is 7.75. The third-order valence-electron chi connectivity index (χ3n) is 1.81. The molecule has 0 aliphatic carbocycles. The summed E-state index contributed by atoms with van der Waals surface area (Å²) in [6, 6.07) is 7.46. The third-order valence-corrected chi connectivity index (χ3v) is 3.62. The Morgan fingerprint density at radius 1 is 1.27 bits per heavy atom. The van der Waals surface area contributed by atoms with Crippen LogP contribution in [0.5, 0.6) is 0 Å². The van der Waals surface area contributed by atoms with Crippen LogP contribution in [-0.2, 0) is 14.6 Å². The molecule has 0 aliphatic rings. The summed E-state index contributed by atoms with van der Waals surface area (Å²) in [5.74, 6) is 3.86. The van der Waals surface area contributed by atoms with Crippen LogP contribution in [-0.4, -0.2) is 19.7 Å². The molecule has 0 saturated carbocycles. The first-order chi connectivity index (χ1) is 7.00. The minimum atomic E-state index is -3.86. The van der Waals surface area contributed by atoms with Crippen molar-refractivity contribution in [2.24, 2.45) is 11.6 Å². The standard InChI is InChI=1S/C8H11N3O3S/c9-7(8(12)11-10)15(13,14)6-4-2-1-3-5-6/h1-5,7H,9-10H2,(H,11,12). The summed E-state index contributed by atoms with van der Waals surface area (Å²) in [5.41, 5.74) is 6.96. The van der Waals surface area contributed by atoms with Gasteiger partial charge >= 0.3 is 0 Å². The lowest BCUT2D eigenvalue weighted by molar-refractivity contribution is -0.120. The number of benzene rings is 1. The Labute approximate surface area is 87.1 Å². The predicted octanol–water partition coefficient (Wildman–Crippen LogP) is -1.26. The van der Waals surface area contributed by atoms with Crippen molar-refractivity contribution < 1.29 is 13.2 Å². The van der Waals surface area contributed by atoms with Gasteiger partial charge in [-0.3, -0.25) is 10.2 Å². The van der Waals surface area contributed by atoms with E-state index in [1.54, 1.807) is 23.6 Å². The van der Waals surface area contributed by atoms with Crippen LogP contribution in [0.2, 0.25) is 0 Å². The van der Waals surface area contributed by atoms with Crippen molar-refractivity contribution in [3.05, 3.63) is 30.3 Å². The quantitative estimate of drug-likeness (QED) is 0.340. The molecule has 1 rings (SSSR count). The second-order valence-corrected chi connectivity index (χ2v) is 4.86. The van der Waals surface area contributed by atoms with Crippen molar-refractivity contribution in [2.45, 2.75) is 10.3 Å². The SMILES string of the molecule is NNC(=O)C(N)S(=O)(=O)c1ccccc1. The molecule has 82 valence electrons. The fourth-order valence-corrected chi connectivity index (χ4v) is 2.16. The molecule has 1 atom stereocenters. The number of hydrogen-bond acceptors (Lipinski definition) is 5. The van der Waals surface area contributed by atoms with Gasteiger partial charge in [0, 0.05) is 0 Å². The largest absolute Gasteiger partial charge is 0.307 e. The number of rotatable bonds is 3. The van der Waals surface area contributed by atoms with E-state index in [-0.39, 0.29) is 4.90 Å². The normalized spacial score (nSPS) is 13.2. The molecule has 5 N–H and O–H groups in total. The molecule has 1 unspecified atom stereocenters. The fraction of sp³-hybridized carbons (Fsp3) is 0.125. The zero-order chi connectivity index (χ0) is 11.5. The Bertz CT molecular complexity index is 443. The van der Waals surface area contributed by atoms with Crippen molar-refractivity contribution in [3.63, 3.8) is 0 Å². The molecule has 1 aromatic rings. The first-order valence-electron chi connectivity index (χ1n) is 4.05. The number of carbonyl (C=O) groups excluding carboxylic acids is 1. The maximum Gasteiger partial charge on any atom is 0.266 e. The Morgan fingerprint density at radius 3 is 2.27 bits per heavy atom. The van der Waals surface area contributed by atoms with E-state index in [1.807, 2.05) is 0 Å². The highest BCUT2D eigenvalue weighted by molar-refractivity contribution is 7.92. The molecular formula is C8H11N3O3S. The molecule has 0 fully saturated rings.